The van der Waals surface area contributed by atoms with Crippen molar-refractivity contribution in [1.82, 2.24) is 22.8 Å². The lowest BCUT2D eigenvalue weighted by Crippen LogP contribution is -1.96. The van der Waals surface area contributed by atoms with E-state index in [-0.39, 0.29) is 0 Å². The maximum atomic E-state index is 6.21. The topological polar surface area (TPSA) is 37.8 Å². The molecule has 18 aromatic carbocycles. The molecule has 0 amide bonds. The van der Waals surface area contributed by atoms with Gasteiger partial charge in [-0.25, -0.2) is 0 Å². The van der Waals surface area contributed by atoms with Crippen LogP contribution < -0.4 is 0 Å². The number of fused-ring (bicyclic) bond motifs is 22. The molecule has 0 N–H and O–H groups in total. The maximum Gasteiger partial charge on any atom is 0.135 e. The summed E-state index contributed by atoms with van der Waals surface area (Å²) in [5.41, 5.74) is 29.3. The van der Waals surface area contributed by atoms with E-state index in [9.17, 15) is 0 Å². The Labute approximate surface area is 664 Å². The number of nitrogens with zero attached hydrogens (tertiary/aromatic N) is 5. The molecule has 0 saturated carbocycles. The fraction of sp³-hybridized carbons (Fsp3) is 0. The van der Waals surface area contributed by atoms with Crippen LogP contribution in [0.3, 0.4) is 0 Å². The minimum absolute atomic E-state index is 0.903. The van der Waals surface area contributed by atoms with Gasteiger partial charge in [0.05, 0.1) is 59.9 Å². The van der Waals surface area contributed by atoms with E-state index in [0.29, 0.717) is 0 Å². The van der Waals surface area contributed by atoms with Gasteiger partial charge in [0.25, 0.3) is 0 Å². The van der Waals surface area contributed by atoms with Crippen LogP contribution in [-0.4, -0.2) is 22.8 Å². The molecule has 0 spiro atoms. The second-order valence-corrected chi connectivity index (χ2v) is 31.3. The molecule has 7 aromatic heterocycles. The minimum atomic E-state index is 0.903. The van der Waals surface area contributed by atoms with Crippen molar-refractivity contribution in [2.75, 3.05) is 0 Å². The largest absolute Gasteiger partial charge is 0.456 e. The first kappa shape index (κ1) is 64.8. The Morgan fingerprint density at radius 3 is 1.02 bits per heavy atom. The zero-order valence-electron chi connectivity index (χ0n) is 62.2. The Hall–Kier alpha value is -15.0. The van der Waals surface area contributed by atoms with Crippen LogP contribution in [0, 0.1) is 0 Å². The first-order valence-corrected chi connectivity index (χ1v) is 40.2. The number of hydrogen-bond donors (Lipinski definition) is 0. The van der Waals surface area contributed by atoms with Crippen LogP contribution in [0.5, 0.6) is 0 Å². The highest BCUT2D eigenvalue weighted by molar-refractivity contribution is 7.26. The molecule has 6 nitrogen and oxygen atoms in total. The molecule has 25 rings (SSSR count). The maximum absolute atomic E-state index is 6.21. The molecule has 0 unspecified atom stereocenters. The summed E-state index contributed by atoms with van der Waals surface area (Å²) in [6, 6.07) is 148. The van der Waals surface area contributed by atoms with Crippen LogP contribution in [0.2, 0.25) is 0 Å². The predicted molar refractivity (Wildman–Crippen MR) is 486 cm³/mol. The molecule has 0 saturated heterocycles. The Morgan fingerprint density at radius 1 is 0.165 bits per heavy atom. The minimum Gasteiger partial charge on any atom is -0.456 e. The van der Waals surface area contributed by atoms with Gasteiger partial charge in [0.2, 0.25) is 0 Å². The van der Waals surface area contributed by atoms with Crippen molar-refractivity contribution in [3.8, 4) is 72.9 Å². The van der Waals surface area contributed by atoms with Crippen molar-refractivity contribution in [3.05, 3.63) is 406 Å². The average Bonchev–Trinajstić information content (AvgIpc) is 1.57. The lowest BCUT2D eigenvalue weighted by molar-refractivity contribution is 0.669. The third kappa shape index (κ3) is 10.2. The second kappa shape index (κ2) is 25.8. The zero-order chi connectivity index (χ0) is 75.3. The molecular weight excluding hydrogens is 1420 g/mol. The number of aromatic nitrogens is 5. The Bertz CT molecular complexity index is 8250. The molecule has 0 aliphatic heterocycles. The summed E-state index contributed by atoms with van der Waals surface area (Å²) in [5, 5.41) is 17.4. The van der Waals surface area contributed by atoms with Gasteiger partial charge in [-0.2, -0.15) is 0 Å². The quantitative estimate of drug-likeness (QED) is 0.142. The number of benzene rings is 18. The van der Waals surface area contributed by atoms with Crippen LogP contribution in [0.1, 0.15) is 0 Å². The number of hydrogen-bond acceptors (Lipinski definition) is 2. The van der Waals surface area contributed by atoms with Crippen molar-refractivity contribution < 1.29 is 4.42 Å². The third-order valence-corrected chi connectivity index (χ3v) is 25.2. The van der Waals surface area contributed by atoms with Gasteiger partial charge in [0.1, 0.15) is 11.2 Å². The summed E-state index contributed by atoms with van der Waals surface area (Å²) in [5.74, 6) is 0. The summed E-state index contributed by atoms with van der Waals surface area (Å²) < 4.78 is 20.9. The van der Waals surface area contributed by atoms with E-state index < -0.39 is 0 Å². The van der Waals surface area contributed by atoms with Gasteiger partial charge in [-0.15, -0.1) is 11.3 Å². The highest BCUT2D eigenvalue weighted by atomic mass is 32.1. The summed E-state index contributed by atoms with van der Waals surface area (Å²) in [6.45, 7) is 0. The van der Waals surface area contributed by atoms with Gasteiger partial charge in [-0.1, -0.05) is 255 Å². The van der Waals surface area contributed by atoms with Crippen molar-refractivity contribution >= 4 is 162 Å². The molecule has 536 valence electrons. The Kier molecular flexibility index (Phi) is 14.5. The van der Waals surface area contributed by atoms with Crippen molar-refractivity contribution in [2.45, 2.75) is 0 Å². The molecule has 0 fully saturated rings. The molecule has 0 bridgehead atoms. The standard InChI is InChI=1S/C60H36N2OS.C48H31N3/c1-2-10-37(11-3-1)38-18-20-39(21-19-38)40-22-26-43(27-23-40)62-55-32-25-42(35-51(55)48-29-30-49-47-14-6-9-17-58(47)64-60(49)59(48)62)41-24-31-54-50(34-41)45-12-4-7-15-53(45)61(54)44-28-33-57-52(36-44)46-13-5-8-16-56(46)63-57;1-3-13-34(14-4-1)49-44-21-11-8-18-38(44)41-29-32(23-27-46(41)49)33-24-28-47-42(30-33)39-19-9-12-22-45(39)51(47)36-25-26-40-37-17-7-10-20-43(37)50(48(40)31-36)35-15-5-2-6-16-35/h1-36H;1-31H. The van der Waals surface area contributed by atoms with E-state index in [0.717, 1.165) is 44.7 Å². The normalized spacial score (nSPS) is 12.0. The van der Waals surface area contributed by atoms with Crippen LogP contribution >= 0.6 is 11.3 Å². The molecule has 0 radical (unpaired) electrons. The van der Waals surface area contributed by atoms with Gasteiger partial charge in [-0.05, 0) is 196 Å². The fourth-order valence-corrected chi connectivity index (χ4v) is 19.9. The highest BCUT2D eigenvalue weighted by Crippen LogP contribution is 2.47. The monoisotopic (exact) mass is 1480 g/mol. The van der Waals surface area contributed by atoms with Gasteiger partial charge >= 0.3 is 0 Å². The van der Waals surface area contributed by atoms with E-state index in [4.69, 9.17) is 4.42 Å². The van der Waals surface area contributed by atoms with Crippen LogP contribution in [0.4, 0.5) is 0 Å². The van der Waals surface area contributed by atoms with Crippen LogP contribution in [-0.2, 0) is 0 Å². The smallest absolute Gasteiger partial charge is 0.135 e. The predicted octanol–water partition coefficient (Wildman–Crippen LogP) is 29.8. The van der Waals surface area contributed by atoms with Crippen molar-refractivity contribution in [2.24, 2.45) is 0 Å². The van der Waals surface area contributed by atoms with Crippen LogP contribution in [0.25, 0.3) is 224 Å². The van der Waals surface area contributed by atoms with Crippen molar-refractivity contribution in [3.63, 3.8) is 0 Å². The molecule has 7 heteroatoms. The average molecular weight is 1480 g/mol. The number of para-hydroxylation sites is 7. The van der Waals surface area contributed by atoms with E-state index >= 15 is 0 Å². The zero-order valence-corrected chi connectivity index (χ0v) is 63.1. The summed E-state index contributed by atoms with van der Waals surface area (Å²) >= 11 is 1.89. The molecular formula is C108H67N5OS. The number of furan rings is 1. The summed E-state index contributed by atoms with van der Waals surface area (Å²) in [6.07, 6.45) is 0. The molecule has 0 aliphatic rings. The van der Waals surface area contributed by atoms with Gasteiger partial charge in [-0.3, -0.25) is 0 Å². The molecule has 7 heterocycles. The number of rotatable bonds is 9. The van der Waals surface area contributed by atoms with Gasteiger partial charge in [0, 0.05) is 109 Å². The summed E-state index contributed by atoms with van der Waals surface area (Å²) in [4.78, 5) is 0. The third-order valence-electron chi connectivity index (χ3n) is 24.0. The molecule has 25 aromatic rings. The van der Waals surface area contributed by atoms with Crippen LogP contribution in [0.15, 0.2) is 411 Å². The van der Waals surface area contributed by atoms with E-state index in [1.807, 2.05) is 23.5 Å². The van der Waals surface area contributed by atoms with E-state index in [2.05, 4.69) is 417 Å². The second-order valence-electron chi connectivity index (χ2n) is 30.3. The lowest BCUT2D eigenvalue weighted by atomic mass is 10.00. The van der Waals surface area contributed by atoms with E-state index in [1.165, 1.54) is 179 Å². The molecule has 115 heavy (non-hydrogen) atoms. The first-order valence-electron chi connectivity index (χ1n) is 39.3. The Morgan fingerprint density at radius 2 is 0.487 bits per heavy atom. The summed E-state index contributed by atoms with van der Waals surface area (Å²) in [7, 11) is 0. The molecule has 0 aliphatic carbocycles. The van der Waals surface area contributed by atoms with Gasteiger partial charge in [0.15, 0.2) is 0 Å². The van der Waals surface area contributed by atoms with Crippen molar-refractivity contribution in [1.29, 1.82) is 0 Å². The fourth-order valence-electron chi connectivity index (χ4n) is 18.7. The van der Waals surface area contributed by atoms with E-state index in [1.54, 1.807) is 0 Å². The van der Waals surface area contributed by atoms with Gasteiger partial charge < -0.3 is 27.3 Å². The lowest BCUT2D eigenvalue weighted by Gasteiger charge is -2.11. The molecule has 0 atom stereocenters. The SMILES string of the molecule is c1ccc(-c2ccc(-c3ccc(-n4c5ccc(-c6ccc7c(c6)c6ccccc6n7-c6ccc7oc8ccccc8c7c6)cc5c5ccc6c7ccccc7sc6c54)cc3)cc2)cc1.c1ccc(-n2c3ccccc3c3cc(-c4ccc5c(c4)c4ccccc4n5-c4ccc5c6ccccc6n(-c6ccccc6)c5c4)ccc32)cc1. The highest BCUT2D eigenvalue weighted by Gasteiger charge is 2.24. The Balaban J connectivity index is 0.000000136. The number of thiophene rings is 1. The first-order chi connectivity index (χ1) is 57.0.